The third-order valence-electron chi connectivity index (χ3n) is 2.82. The Balaban J connectivity index is 0.00000144. The average Bonchev–Trinajstić information content (AvgIpc) is 2.74. The second-order valence-corrected chi connectivity index (χ2v) is 4.13. The molecule has 1 unspecified atom stereocenters. The van der Waals surface area contributed by atoms with E-state index in [9.17, 15) is 9.18 Å². The zero-order valence-electron chi connectivity index (χ0n) is 9.63. The molecule has 1 heterocycles. The Hall–Kier alpha value is -1.13. The average molecular weight is 259 g/mol. The maximum Gasteiger partial charge on any atom is 0.251 e. The highest BCUT2D eigenvalue weighted by molar-refractivity contribution is 5.94. The van der Waals surface area contributed by atoms with E-state index >= 15 is 0 Å². The molecule has 0 spiro atoms. The zero-order chi connectivity index (χ0) is 11.5. The molecule has 3 nitrogen and oxygen atoms in total. The lowest BCUT2D eigenvalue weighted by atomic mass is 10.1. The molecule has 2 rings (SSSR count). The molecule has 2 N–H and O–H groups in total. The summed E-state index contributed by atoms with van der Waals surface area (Å²) in [5, 5.41) is 6.09. The van der Waals surface area contributed by atoms with Crippen LogP contribution in [0.2, 0.25) is 0 Å². The number of hydrogen-bond donors (Lipinski definition) is 2. The van der Waals surface area contributed by atoms with Gasteiger partial charge in [0, 0.05) is 18.2 Å². The maximum atomic E-state index is 13.0. The van der Waals surface area contributed by atoms with Crippen molar-refractivity contribution < 1.29 is 9.18 Å². The van der Waals surface area contributed by atoms with Crippen LogP contribution in [0.1, 0.15) is 22.3 Å². The second kappa shape index (κ2) is 5.98. The van der Waals surface area contributed by atoms with Crippen molar-refractivity contribution in [1.29, 1.82) is 0 Å². The summed E-state index contributed by atoms with van der Waals surface area (Å²) in [4.78, 5) is 11.8. The molecule has 1 aliphatic heterocycles. The third kappa shape index (κ3) is 3.41. The Kier molecular flexibility index (Phi) is 4.90. The summed E-state index contributed by atoms with van der Waals surface area (Å²) in [6.45, 7) is 3.41. The number of halogens is 2. The Morgan fingerprint density at radius 2 is 2.29 bits per heavy atom. The number of nitrogens with one attached hydrogen (secondary N) is 2. The summed E-state index contributed by atoms with van der Waals surface area (Å²) in [6.07, 6.45) is 0.950. The Morgan fingerprint density at radius 3 is 2.88 bits per heavy atom. The van der Waals surface area contributed by atoms with Gasteiger partial charge >= 0.3 is 0 Å². The van der Waals surface area contributed by atoms with Crippen molar-refractivity contribution >= 4 is 18.3 Å². The van der Waals surface area contributed by atoms with E-state index in [0.29, 0.717) is 11.1 Å². The van der Waals surface area contributed by atoms with Crippen LogP contribution in [0.3, 0.4) is 0 Å². The lowest BCUT2D eigenvalue weighted by Gasteiger charge is -2.11. The Bertz CT molecular complexity index is 405. The van der Waals surface area contributed by atoms with Gasteiger partial charge in [-0.25, -0.2) is 4.39 Å². The highest BCUT2D eigenvalue weighted by Gasteiger charge is 2.17. The molecule has 1 amide bonds. The van der Waals surface area contributed by atoms with Crippen LogP contribution >= 0.6 is 12.4 Å². The van der Waals surface area contributed by atoms with Crippen LogP contribution in [0.5, 0.6) is 0 Å². The Morgan fingerprint density at radius 1 is 1.53 bits per heavy atom. The molecule has 0 aromatic heterocycles. The van der Waals surface area contributed by atoms with Crippen molar-refractivity contribution in [1.82, 2.24) is 10.6 Å². The number of carbonyl (C=O) groups excluding carboxylic acids is 1. The summed E-state index contributed by atoms with van der Waals surface area (Å²) in [6, 6.07) is 4.61. The minimum Gasteiger partial charge on any atom is -0.348 e. The fourth-order valence-electron chi connectivity index (χ4n) is 1.83. The fourth-order valence-corrected chi connectivity index (χ4v) is 1.83. The van der Waals surface area contributed by atoms with Crippen LogP contribution in [-0.2, 0) is 0 Å². The van der Waals surface area contributed by atoms with Crippen molar-refractivity contribution in [3.63, 3.8) is 0 Å². The van der Waals surface area contributed by atoms with Gasteiger partial charge in [-0.1, -0.05) is 0 Å². The number of rotatable bonds is 2. The molecule has 0 saturated carbocycles. The van der Waals surface area contributed by atoms with Crippen molar-refractivity contribution in [3.05, 3.63) is 35.1 Å². The largest absolute Gasteiger partial charge is 0.348 e. The minimum atomic E-state index is -0.279. The number of benzene rings is 1. The van der Waals surface area contributed by atoms with Crippen LogP contribution in [-0.4, -0.2) is 25.0 Å². The normalized spacial score (nSPS) is 18.6. The SMILES string of the molecule is Cc1cc(C(=O)NC2CCNC2)ccc1F.Cl. The quantitative estimate of drug-likeness (QED) is 0.847. The van der Waals surface area contributed by atoms with Crippen molar-refractivity contribution in [3.8, 4) is 0 Å². The highest BCUT2D eigenvalue weighted by Crippen LogP contribution is 2.09. The second-order valence-electron chi connectivity index (χ2n) is 4.13. The predicted molar refractivity (Wildman–Crippen MR) is 67.1 cm³/mol. The van der Waals surface area contributed by atoms with Crippen LogP contribution in [0.4, 0.5) is 4.39 Å². The topological polar surface area (TPSA) is 41.1 Å². The Labute approximate surface area is 106 Å². The maximum absolute atomic E-state index is 13.0. The lowest BCUT2D eigenvalue weighted by Crippen LogP contribution is -2.36. The summed E-state index contributed by atoms with van der Waals surface area (Å²) in [5.74, 6) is -0.407. The number of hydrogen-bond acceptors (Lipinski definition) is 2. The molecular weight excluding hydrogens is 243 g/mol. The van der Waals surface area contributed by atoms with E-state index in [1.165, 1.54) is 12.1 Å². The van der Waals surface area contributed by atoms with Gasteiger partial charge in [-0.3, -0.25) is 4.79 Å². The van der Waals surface area contributed by atoms with Gasteiger partial charge < -0.3 is 10.6 Å². The van der Waals surface area contributed by atoms with E-state index in [1.807, 2.05) is 0 Å². The summed E-state index contributed by atoms with van der Waals surface area (Å²) >= 11 is 0. The van der Waals surface area contributed by atoms with Crippen LogP contribution in [0.15, 0.2) is 18.2 Å². The van der Waals surface area contributed by atoms with Crippen LogP contribution < -0.4 is 10.6 Å². The molecule has 1 aliphatic rings. The summed E-state index contributed by atoms with van der Waals surface area (Å²) < 4.78 is 13.0. The van der Waals surface area contributed by atoms with Gasteiger partial charge in [-0.15, -0.1) is 12.4 Å². The van der Waals surface area contributed by atoms with E-state index < -0.39 is 0 Å². The zero-order valence-corrected chi connectivity index (χ0v) is 10.4. The molecule has 1 aromatic rings. The first-order valence-corrected chi connectivity index (χ1v) is 5.44. The van der Waals surface area contributed by atoms with Gasteiger partial charge in [-0.05, 0) is 43.7 Å². The van der Waals surface area contributed by atoms with Crippen molar-refractivity contribution in [2.24, 2.45) is 0 Å². The predicted octanol–water partition coefficient (Wildman–Crippen LogP) is 1.65. The van der Waals surface area contributed by atoms with Gasteiger partial charge in [0.05, 0.1) is 0 Å². The number of amides is 1. The summed E-state index contributed by atoms with van der Waals surface area (Å²) in [5.41, 5.74) is 1.02. The molecule has 1 fully saturated rings. The van der Waals surface area contributed by atoms with Crippen molar-refractivity contribution in [2.45, 2.75) is 19.4 Å². The molecule has 1 aromatic carbocycles. The smallest absolute Gasteiger partial charge is 0.251 e. The minimum absolute atomic E-state index is 0. The number of aryl methyl sites for hydroxylation is 1. The van der Waals surface area contributed by atoms with E-state index in [2.05, 4.69) is 10.6 Å². The monoisotopic (exact) mass is 258 g/mol. The molecule has 5 heteroatoms. The molecule has 0 aliphatic carbocycles. The van der Waals surface area contributed by atoms with Crippen molar-refractivity contribution in [2.75, 3.05) is 13.1 Å². The summed E-state index contributed by atoms with van der Waals surface area (Å²) in [7, 11) is 0. The van der Waals surface area contributed by atoms with Crippen LogP contribution in [0, 0.1) is 12.7 Å². The van der Waals surface area contributed by atoms with E-state index in [4.69, 9.17) is 0 Å². The lowest BCUT2D eigenvalue weighted by molar-refractivity contribution is 0.0940. The highest BCUT2D eigenvalue weighted by atomic mass is 35.5. The first kappa shape index (κ1) is 13.9. The third-order valence-corrected chi connectivity index (χ3v) is 2.82. The van der Waals surface area contributed by atoms with E-state index in [0.717, 1.165) is 19.5 Å². The number of carbonyl (C=O) groups is 1. The van der Waals surface area contributed by atoms with E-state index in [-0.39, 0.29) is 30.2 Å². The molecule has 94 valence electrons. The van der Waals surface area contributed by atoms with Gasteiger partial charge in [0.25, 0.3) is 5.91 Å². The van der Waals surface area contributed by atoms with Gasteiger partial charge in [0.1, 0.15) is 5.82 Å². The first-order valence-electron chi connectivity index (χ1n) is 5.44. The van der Waals surface area contributed by atoms with Gasteiger partial charge in [0.2, 0.25) is 0 Å². The fraction of sp³-hybridized carbons (Fsp3) is 0.417. The molecule has 17 heavy (non-hydrogen) atoms. The standard InChI is InChI=1S/C12H15FN2O.ClH/c1-8-6-9(2-3-11(8)13)12(16)15-10-4-5-14-7-10;/h2-3,6,10,14H,4-5,7H2,1H3,(H,15,16);1H. The molecule has 1 atom stereocenters. The van der Waals surface area contributed by atoms with Gasteiger partial charge in [-0.2, -0.15) is 0 Å². The molecule has 1 saturated heterocycles. The molecular formula is C12H16ClFN2O. The van der Waals surface area contributed by atoms with E-state index in [1.54, 1.807) is 13.0 Å². The van der Waals surface area contributed by atoms with Gasteiger partial charge in [0.15, 0.2) is 0 Å². The van der Waals surface area contributed by atoms with Crippen LogP contribution in [0.25, 0.3) is 0 Å². The first-order chi connectivity index (χ1) is 7.66. The molecule has 0 radical (unpaired) electrons. The molecule has 0 bridgehead atoms.